The summed E-state index contributed by atoms with van der Waals surface area (Å²) in [6.45, 7) is 6.86. The minimum absolute atomic E-state index is 0.676. The van der Waals surface area contributed by atoms with Crippen LogP contribution in [0.2, 0.25) is 0 Å². The molecule has 0 atom stereocenters. The van der Waals surface area contributed by atoms with Gasteiger partial charge in [0.05, 0.1) is 17.4 Å². The summed E-state index contributed by atoms with van der Waals surface area (Å²) in [5.41, 5.74) is 5.35. The Bertz CT molecular complexity index is 539. The smallest absolute Gasteiger partial charge is 0.0931 e. The Morgan fingerprint density at radius 1 is 1.05 bits per heavy atom. The Labute approximate surface area is 129 Å². The summed E-state index contributed by atoms with van der Waals surface area (Å²) < 4.78 is 0. The average molecular weight is 286 g/mol. The second-order valence-corrected chi connectivity index (χ2v) is 6.62. The van der Waals surface area contributed by atoms with Gasteiger partial charge in [-0.25, -0.2) is 4.98 Å². The molecule has 0 saturated carbocycles. The second-order valence-electron chi connectivity index (χ2n) is 6.62. The van der Waals surface area contributed by atoms with E-state index in [2.05, 4.69) is 42.9 Å². The van der Waals surface area contributed by atoms with Crippen LogP contribution in [0.3, 0.4) is 0 Å². The number of nitrogens with zero attached hydrogens (tertiary/aromatic N) is 1. The summed E-state index contributed by atoms with van der Waals surface area (Å²) in [6.07, 6.45) is 12.3. The maximum absolute atomic E-state index is 4.55. The van der Waals surface area contributed by atoms with Crippen molar-refractivity contribution in [2.24, 2.45) is 5.92 Å². The summed E-state index contributed by atoms with van der Waals surface area (Å²) in [7, 11) is 0. The number of benzene rings is 1. The molecule has 0 aliphatic heterocycles. The molecule has 0 bridgehead atoms. The van der Waals surface area contributed by atoms with Crippen molar-refractivity contribution in [3.63, 3.8) is 0 Å². The van der Waals surface area contributed by atoms with Crippen LogP contribution in [0.15, 0.2) is 18.5 Å². The molecule has 0 saturated heterocycles. The fraction of sp³-hybridized carbons (Fsp3) is 0.632. The fourth-order valence-electron chi connectivity index (χ4n) is 3.07. The zero-order chi connectivity index (χ0) is 15.1. The number of unbranched alkanes of at least 4 members (excludes halogenated alkanes) is 5. The monoisotopic (exact) mass is 286 g/mol. The summed E-state index contributed by atoms with van der Waals surface area (Å²) in [5, 5.41) is 0. The molecule has 2 aromatic rings. The molecule has 2 nitrogen and oxygen atoms in total. The summed E-state index contributed by atoms with van der Waals surface area (Å²) in [5.74, 6) is 0.676. The number of hydrogen-bond donors (Lipinski definition) is 1. The van der Waals surface area contributed by atoms with Crippen LogP contribution in [0.1, 0.15) is 70.4 Å². The lowest BCUT2D eigenvalue weighted by Crippen LogP contribution is -2.01. The standard InChI is InChI=1S/C19H30N2/c1-4-5-6-7-8-9-10-16-11-12-18-19(21-14-20-18)17(16)13-15(2)3/h11-12,14-15H,4-10,13H2,1-3H3,(H,20,21). The Hall–Kier alpha value is -1.31. The number of hydrogen-bond acceptors (Lipinski definition) is 1. The van der Waals surface area contributed by atoms with Gasteiger partial charge in [-0.2, -0.15) is 0 Å². The minimum Gasteiger partial charge on any atom is -0.345 e. The first-order valence-corrected chi connectivity index (χ1v) is 8.66. The molecule has 0 spiro atoms. The van der Waals surface area contributed by atoms with Crippen LogP contribution in [-0.4, -0.2) is 9.97 Å². The van der Waals surface area contributed by atoms with Crippen molar-refractivity contribution < 1.29 is 0 Å². The number of aromatic nitrogens is 2. The van der Waals surface area contributed by atoms with Crippen LogP contribution < -0.4 is 0 Å². The van der Waals surface area contributed by atoms with Gasteiger partial charge in [-0.05, 0) is 42.4 Å². The van der Waals surface area contributed by atoms with Gasteiger partial charge < -0.3 is 4.98 Å². The third kappa shape index (κ3) is 4.59. The number of imidazole rings is 1. The molecule has 0 aliphatic carbocycles. The number of aryl methyl sites for hydroxylation is 1. The van der Waals surface area contributed by atoms with Gasteiger partial charge in [-0.15, -0.1) is 0 Å². The maximum Gasteiger partial charge on any atom is 0.0931 e. The largest absolute Gasteiger partial charge is 0.345 e. The zero-order valence-electron chi connectivity index (χ0n) is 13.9. The molecule has 1 aromatic carbocycles. The number of aromatic amines is 1. The molecule has 0 radical (unpaired) electrons. The van der Waals surface area contributed by atoms with E-state index in [1.54, 1.807) is 0 Å². The van der Waals surface area contributed by atoms with Gasteiger partial charge in [0.1, 0.15) is 0 Å². The average Bonchev–Trinajstić information content (AvgIpc) is 2.93. The van der Waals surface area contributed by atoms with Crippen LogP contribution in [0.5, 0.6) is 0 Å². The summed E-state index contributed by atoms with van der Waals surface area (Å²) in [6, 6.07) is 4.50. The minimum atomic E-state index is 0.676. The van der Waals surface area contributed by atoms with Crippen LogP contribution in [0.4, 0.5) is 0 Å². The van der Waals surface area contributed by atoms with Crippen molar-refractivity contribution in [2.75, 3.05) is 0 Å². The van der Waals surface area contributed by atoms with E-state index < -0.39 is 0 Å². The highest BCUT2D eigenvalue weighted by Gasteiger charge is 2.11. The van der Waals surface area contributed by atoms with Crippen molar-refractivity contribution in [1.82, 2.24) is 9.97 Å². The molecule has 2 heteroatoms. The normalized spacial score (nSPS) is 11.6. The number of fused-ring (bicyclic) bond motifs is 1. The molecule has 0 unspecified atom stereocenters. The molecular weight excluding hydrogens is 256 g/mol. The van der Waals surface area contributed by atoms with Crippen molar-refractivity contribution in [2.45, 2.75) is 72.1 Å². The van der Waals surface area contributed by atoms with Crippen LogP contribution in [0.25, 0.3) is 11.0 Å². The first-order chi connectivity index (χ1) is 10.2. The van der Waals surface area contributed by atoms with Crippen molar-refractivity contribution >= 4 is 11.0 Å². The molecule has 2 rings (SSSR count). The molecule has 1 heterocycles. The summed E-state index contributed by atoms with van der Waals surface area (Å²) >= 11 is 0. The van der Waals surface area contributed by atoms with Crippen molar-refractivity contribution in [3.05, 3.63) is 29.6 Å². The van der Waals surface area contributed by atoms with Crippen LogP contribution in [0, 0.1) is 5.92 Å². The highest BCUT2D eigenvalue weighted by molar-refractivity contribution is 5.79. The van der Waals surface area contributed by atoms with E-state index in [-0.39, 0.29) is 0 Å². The highest BCUT2D eigenvalue weighted by atomic mass is 14.9. The quantitative estimate of drug-likeness (QED) is 0.592. The van der Waals surface area contributed by atoms with Gasteiger partial charge in [0.2, 0.25) is 0 Å². The second kappa shape index (κ2) is 8.21. The Morgan fingerprint density at radius 2 is 1.81 bits per heavy atom. The topological polar surface area (TPSA) is 28.7 Å². The Balaban J connectivity index is 2.00. The molecule has 21 heavy (non-hydrogen) atoms. The van der Waals surface area contributed by atoms with Crippen LogP contribution >= 0.6 is 0 Å². The first kappa shape index (κ1) is 16.1. The Morgan fingerprint density at radius 3 is 2.57 bits per heavy atom. The summed E-state index contributed by atoms with van der Waals surface area (Å²) in [4.78, 5) is 7.79. The SMILES string of the molecule is CCCCCCCCc1ccc2[nH]cnc2c1CC(C)C. The Kier molecular flexibility index (Phi) is 6.28. The van der Waals surface area contributed by atoms with Gasteiger partial charge in [0, 0.05) is 0 Å². The third-order valence-electron chi connectivity index (χ3n) is 4.21. The van der Waals surface area contributed by atoms with Gasteiger partial charge in [-0.3, -0.25) is 0 Å². The third-order valence-corrected chi connectivity index (χ3v) is 4.21. The molecule has 116 valence electrons. The van der Waals surface area contributed by atoms with Crippen molar-refractivity contribution in [3.8, 4) is 0 Å². The van der Waals surface area contributed by atoms with Gasteiger partial charge in [0.25, 0.3) is 0 Å². The molecule has 1 aromatic heterocycles. The number of rotatable bonds is 9. The fourth-order valence-corrected chi connectivity index (χ4v) is 3.07. The molecule has 0 aliphatic rings. The lowest BCUT2D eigenvalue weighted by Gasteiger charge is -2.12. The van der Waals surface area contributed by atoms with E-state index in [1.165, 1.54) is 67.1 Å². The van der Waals surface area contributed by atoms with Crippen molar-refractivity contribution in [1.29, 1.82) is 0 Å². The van der Waals surface area contributed by atoms with Gasteiger partial charge in [0.15, 0.2) is 0 Å². The van der Waals surface area contributed by atoms with Gasteiger partial charge >= 0.3 is 0 Å². The van der Waals surface area contributed by atoms with E-state index in [0.29, 0.717) is 5.92 Å². The van der Waals surface area contributed by atoms with E-state index >= 15 is 0 Å². The molecular formula is C19H30N2. The van der Waals surface area contributed by atoms with E-state index in [1.807, 2.05) is 6.33 Å². The number of H-pyrrole nitrogens is 1. The van der Waals surface area contributed by atoms with Gasteiger partial charge in [-0.1, -0.05) is 58.9 Å². The lowest BCUT2D eigenvalue weighted by molar-refractivity contribution is 0.602. The molecule has 0 amide bonds. The highest BCUT2D eigenvalue weighted by Crippen LogP contribution is 2.24. The maximum atomic E-state index is 4.55. The predicted molar refractivity (Wildman–Crippen MR) is 91.7 cm³/mol. The number of nitrogens with one attached hydrogen (secondary N) is 1. The van der Waals surface area contributed by atoms with Crippen LogP contribution in [-0.2, 0) is 12.8 Å². The van der Waals surface area contributed by atoms with E-state index in [0.717, 1.165) is 6.42 Å². The van der Waals surface area contributed by atoms with E-state index in [9.17, 15) is 0 Å². The molecule has 1 N–H and O–H groups in total. The first-order valence-electron chi connectivity index (χ1n) is 8.66. The molecule has 0 fully saturated rings. The lowest BCUT2D eigenvalue weighted by atomic mass is 9.93. The predicted octanol–water partition coefficient (Wildman–Crippen LogP) is 5.66. The van der Waals surface area contributed by atoms with E-state index in [4.69, 9.17) is 0 Å². The zero-order valence-corrected chi connectivity index (χ0v) is 13.9.